The zero-order valence-electron chi connectivity index (χ0n) is 10.3. The number of nitrogens with one attached hydrogen (secondary N) is 1. The fourth-order valence-corrected chi connectivity index (χ4v) is 2.00. The molecule has 0 spiro atoms. The summed E-state index contributed by atoms with van der Waals surface area (Å²) in [6.07, 6.45) is 2.70. The highest BCUT2D eigenvalue weighted by atomic mass is 35.5. The van der Waals surface area contributed by atoms with Crippen LogP contribution in [0.5, 0.6) is 0 Å². The standard InChI is InChI=1S/C16H17N.ClH/c1-2-4-14(5-3-1)15-8-6-13(7-9-15)12-17-16-10-11-16;/h1-9,16-17H,10-12H2;1H/p-1. The summed E-state index contributed by atoms with van der Waals surface area (Å²) in [5.41, 5.74) is 3.95. The van der Waals surface area contributed by atoms with Gasteiger partial charge in [0.2, 0.25) is 0 Å². The average molecular weight is 259 g/mol. The molecule has 1 aliphatic rings. The quantitative estimate of drug-likeness (QED) is 0.848. The van der Waals surface area contributed by atoms with Crippen molar-refractivity contribution in [2.24, 2.45) is 0 Å². The van der Waals surface area contributed by atoms with Gasteiger partial charge in [-0.3, -0.25) is 0 Å². The molecule has 0 bridgehead atoms. The number of halogens is 1. The van der Waals surface area contributed by atoms with Crippen molar-refractivity contribution < 1.29 is 12.4 Å². The summed E-state index contributed by atoms with van der Waals surface area (Å²) in [5.74, 6) is 0. The van der Waals surface area contributed by atoms with Gasteiger partial charge in [-0.25, -0.2) is 0 Å². The molecule has 94 valence electrons. The topological polar surface area (TPSA) is 12.0 Å². The van der Waals surface area contributed by atoms with Crippen LogP contribution in [0.2, 0.25) is 0 Å². The molecular weight excluding hydrogens is 242 g/mol. The van der Waals surface area contributed by atoms with E-state index in [2.05, 4.69) is 59.9 Å². The van der Waals surface area contributed by atoms with Gasteiger partial charge in [0, 0.05) is 12.6 Å². The molecule has 0 atom stereocenters. The van der Waals surface area contributed by atoms with E-state index in [0.29, 0.717) is 0 Å². The Kier molecular flexibility index (Phi) is 4.40. The van der Waals surface area contributed by atoms with Crippen LogP contribution in [0.1, 0.15) is 18.4 Å². The largest absolute Gasteiger partial charge is 1.00 e. The number of benzene rings is 2. The smallest absolute Gasteiger partial charge is 0.0208 e. The average Bonchev–Trinajstić information content (AvgIpc) is 3.22. The lowest BCUT2D eigenvalue weighted by Gasteiger charge is -2.05. The molecule has 1 saturated carbocycles. The molecule has 2 aromatic carbocycles. The summed E-state index contributed by atoms with van der Waals surface area (Å²) in [6.45, 7) is 1.000. The Morgan fingerprint density at radius 3 is 2.06 bits per heavy atom. The van der Waals surface area contributed by atoms with Gasteiger partial charge >= 0.3 is 0 Å². The minimum atomic E-state index is 0. The predicted octanol–water partition coefficient (Wildman–Crippen LogP) is 0.610. The lowest BCUT2D eigenvalue weighted by molar-refractivity contribution is -0.00000341. The summed E-state index contributed by atoms with van der Waals surface area (Å²) < 4.78 is 0. The van der Waals surface area contributed by atoms with Gasteiger partial charge in [-0.2, -0.15) is 0 Å². The van der Waals surface area contributed by atoms with Crippen LogP contribution >= 0.6 is 0 Å². The van der Waals surface area contributed by atoms with Gasteiger partial charge in [-0.15, -0.1) is 0 Å². The van der Waals surface area contributed by atoms with Gasteiger partial charge in [0.05, 0.1) is 0 Å². The molecule has 0 heterocycles. The van der Waals surface area contributed by atoms with Crippen LogP contribution in [0.15, 0.2) is 54.6 Å². The molecule has 18 heavy (non-hydrogen) atoms. The lowest BCUT2D eigenvalue weighted by atomic mass is 10.0. The first kappa shape index (κ1) is 13.1. The first-order valence-electron chi connectivity index (χ1n) is 6.29. The first-order valence-corrected chi connectivity index (χ1v) is 6.29. The summed E-state index contributed by atoms with van der Waals surface area (Å²) in [6, 6.07) is 20.2. The monoisotopic (exact) mass is 258 g/mol. The van der Waals surface area contributed by atoms with E-state index in [4.69, 9.17) is 0 Å². The third-order valence-electron chi connectivity index (χ3n) is 3.23. The maximum absolute atomic E-state index is 3.53. The van der Waals surface area contributed by atoms with Gasteiger partial charge in [0.15, 0.2) is 0 Å². The summed E-state index contributed by atoms with van der Waals surface area (Å²) in [4.78, 5) is 0. The van der Waals surface area contributed by atoms with E-state index < -0.39 is 0 Å². The Morgan fingerprint density at radius 1 is 0.833 bits per heavy atom. The molecule has 0 amide bonds. The minimum absolute atomic E-state index is 0. The first-order chi connectivity index (χ1) is 8.42. The Hall–Kier alpha value is -1.31. The summed E-state index contributed by atoms with van der Waals surface area (Å²) in [7, 11) is 0. The van der Waals surface area contributed by atoms with Gasteiger partial charge in [-0.05, 0) is 29.5 Å². The van der Waals surface area contributed by atoms with Crippen LogP contribution in [0.3, 0.4) is 0 Å². The molecule has 1 aliphatic carbocycles. The van der Waals surface area contributed by atoms with Gasteiger partial charge < -0.3 is 17.7 Å². The fraction of sp³-hybridized carbons (Fsp3) is 0.250. The highest BCUT2D eigenvalue weighted by Crippen LogP contribution is 2.21. The van der Waals surface area contributed by atoms with Crippen LogP contribution in [0.25, 0.3) is 11.1 Å². The number of rotatable bonds is 4. The van der Waals surface area contributed by atoms with Crippen molar-refractivity contribution in [3.05, 3.63) is 60.2 Å². The van der Waals surface area contributed by atoms with Crippen molar-refractivity contribution in [2.75, 3.05) is 0 Å². The third kappa shape index (κ3) is 3.34. The maximum atomic E-state index is 3.53. The molecule has 0 aromatic heterocycles. The molecule has 1 N–H and O–H groups in total. The molecule has 2 aromatic rings. The SMILES string of the molecule is [Cl-].c1ccc(-c2ccc(CNC3CC3)cc2)cc1. The Labute approximate surface area is 115 Å². The zero-order chi connectivity index (χ0) is 11.5. The van der Waals surface area contributed by atoms with E-state index in [9.17, 15) is 0 Å². The van der Waals surface area contributed by atoms with Crippen molar-refractivity contribution in [1.82, 2.24) is 5.32 Å². The van der Waals surface area contributed by atoms with Gasteiger partial charge in [-0.1, -0.05) is 54.6 Å². The van der Waals surface area contributed by atoms with Gasteiger partial charge in [0.1, 0.15) is 0 Å². The second kappa shape index (κ2) is 6.03. The number of hydrogen-bond donors (Lipinski definition) is 1. The van der Waals surface area contributed by atoms with E-state index in [0.717, 1.165) is 12.6 Å². The second-order valence-electron chi connectivity index (χ2n) is 4.72. The van der Waals surface area contributed by atoms with E-state index in [1.165, 1.54) is 29.5 Å². The van der Waals surface area contributed by atoms with E-state index in [-0.39, 0.29) is 12.4 Å². The Balaban J connectivity index is 0.00000120. The van der Waals surface area contributed by atoms with Crippen molar-refractivity contribution >= 4 is 0 Å². The van der Waals surface area contributed by atoms with E-state index in [1.54, 1.807) is 0 Å². The summed E-state index contributed by atoms with van der Waals surface area (Å²) >= 11 is 0. The maximum Gasteiger partial charge on any atom is 0.0208 e. The normalized spacial score (nSPS) is 14.0. The predicted molar refractivity (Wildman–Crippen MR) is 71.7 cm³/mol. The van der Waals surface area contributed by atoms with Crippen molar-refractivity contribution in [1.29, 1.82) is 0 Å². The third-order valence-corrected chi connectivity index (χ3v) is 3.23. The molecule has 0 aliphatic heterocycles. The zero-order valence-corrected chi connectivity index (χ0v) is 11.0. The van der Waals surface area contributed by atoms with E-state index >= 15 is 0 Å². The van der Waals surface area contributed by atoms with Crippen LogP contribution in [0.4, 0.5) is 0 Å². The molecule has 0 saturated heterocycles. The Morgan fingerprint density at radius 2 is 1.44 bits per heavy atom. The van der Waals surface area contributed by atoms with E-state index in [1.807, 2.05) is 0 Å². The summed E-state index contributed by atoms with van der Waals surface area (Å²) in [5, 5.41) is 3.53. The highest BCUT2D eigenvalue weighted by Gasteiger charge is 2.19. The van der Waals surface area contributed by atoms with Crippen molar-refractivity contribution in [3.63, 3.8) is 0 Å². The van der Waals surface area contributed by atoms with Gasteiger partial charge in [0.25, 0.3) is 0 Å². The number of hydrogen-bond acceptors (Lipinski definition) is 1. The molecule has 2 heteroatoms. The van der Waals surface area contributed by atoms with Crippen LogP contribution in [-0.2, 0) is 6.54 Å². The molecular formula is C16H17ClN-. The van der Waals surface area contributed by atoms with Crippen molar-refractivity contribution in [2.45, 2.75) is 25.4 Å². The molecule has 1 fully saturated rings. The molecule has 3 rings (SSSR count). The lowest BCUT2D eigenvalue weighted by Crippen LogP contribution is -3.00. The second-order valence-corrected chi connectivity index (χ2v) is 4.72. The van der Waals surface area contributed by atoms with Crippen LogP contribution in [0, 0.1) is 0 Å². The molecule has 0 radical (unpaired) electrons. The van der Waals surface area contributed by atoms with Crippen molar-refractivity contribution in [3.8, 4) is 11.1 Å². The van der Waals surface area contributed by atoms with Crippen LogP contribution < -0.4 is 17.7 Å². The Bertz CT molecular complexity index is 474. The molecule has 0 unspecified atom stereocenters. The highest BCUT2D eigenvalue weighted by molar-refractivity contribution is 5.63. The fourth-order valence-electron chi connectivity index (χ4n) is 2.00. The molecule has 1 nitrogen and oxygen atoms in total. The minimum Gasteiger partial charge on any atom is -1.00 e. The van der Waals surface area contributed by atoms with Crippen LogP contribution in [-0.4, -0.2) is 6.04 Å².